The van der Waals surface area contributed by atoms with Crippen molar-refractivity contribution in [2.24, 2.45) is 16.8 Å². The van der Waals surface area contributed by atoms with E-state index in [0.717, 1.165) is 29.2 Å². The van der Waals surface area contributed by atoms with Crippen LogP contribution in [-0.4, -0.2) is 17.3 Å². The van der Waals surface area contributed by atoms with Crippen LogP contribution in [0.3, 0.4) is 0 Å². The molecule has 2 aliphatic heterocycles. The van der Waals surface area contributed by atoms with Gasteiger partial charge < -0.3 is 0 Å². The number of halogens is 1. The van der Waals surface area contributed by atoms with E-state index in [-0.39, 0.29) is 0 Å². The second kappa shape index (κ2) is 4.14. The van der Waals surface area contributed by atoms with Gasteiger partial charge in [-0.1, -0.05) is 24.9 Å². The van der Waals surface area contributed by atoms with Crippen molar-refractivity contribution < 1.29 is 0 Å². The highest BCUT2D eigenvalue weighted by Crippen LogP contribution is 2.37. The van der Waals surface area contributed by atoms with Gasteiger partial charge in [-0.25, -0.2) is 15.4 Å². The zero-order valence-corrected chi connectivity index (χ0v) is 11.1. The molecule has 1 fully saturated rings. The normalized spacial score (nSPS) is 26.4. The van der Waals surface area contributed by atoms with Crippen LogP contribution in [0.5, 0.6) is 0 Å². The average molecular weight is 252 g/mol. The summed E-state index contributed by atoms with van der Waals surface area (Å²) in [7, 11) is 0. The number of hydrazine groups is 1. The SMILES string of the molecule is CC1=C2N=C(C(C)C3CCC3)C=C(Cl)N2NC1. The Bertz CT molecular complexity index is 432. The first-order valence-electron chi connectivity index (χ1n) is 6.36. The Morgan fingerprint density at radius 3 is 2.94 bits per heavy atom. The van der Waals surface area contributed by atoms with Gasteiger partial charge in [-0.15, -0.1) is 0 Å². The number of aliphatic imine (C=N–C) groups is 1. The molecular formula is C13H18ClN3. The summed E-state index contributed by atoms with van der Waals surface area (Å²) in [6.45, 7) is 5.22. The van der Waals surface area contributed by atoms with Crippen molar-refractivity contribution >= 4 is 17.3 Å². The Labute approximate surface area is 107 Å². The average Bonchev–Trinajstić information content (AvgIpc) is 2.58. The van der Waals surface area contributed by atoms with Crippen LogP contribution in [0.15, 0.2) is 27.6 Å². The third-order valence-electron chi connectivity index (χ3n) is 4.13. The number of rotatable bonds is 2. The van der Waals surface area contributed by atoms with Crippen LogP contribution in [0.2, 0.25) is 0 Å². The lowest BCUT2D eigenvalue weighted by Gasteiger charge is -2.33. The summed E-state index contributed by atoms with van der Waals surface area (Å²) in [6, 6.07) is 0. The molecule has 0 saturated heterocycles. The van der Waals surface area contributed by atoms with Gasteiger partial charge >= 0.3 is 0 Å². The van der Waals surface area contributed by atoms with Gasteiger partial charge in [-0.05, 0) is 37.3 Å². The summed E-state index contributed by atoms with van der Waals surface area (Å²) >= 11 is 6.30. The minimum Gasteiger partial charge on any atom is -0.248 e. The number of nitrogens with one attached hydrogen (secondary N) is 1. The molecule has 3 aliphatic rings. The maximum absolute atomic E-state index is 6.30. The maximum Gasteiger partial charge on any atom is 0.148 e. The molecule has 0 spiro atoms. The Balaban J connectivity index is 1.89. The van der Waals surface area contributed by atoms with Crippen LogP contribution in [-0.2, 0) is 0 Å². The molecule has 1 unspecified atom stereocenters. The van der Waals surface area contributed by atoms with Gasteiger partial charge in [0.25, 0.3) is 0 Å². The summed E-state index contributed by atoms with van der Waals surface area (Å²) in [5.74, 6) is 2.33. The molecule has 0 aromatic rings. The summed E-state index contributed by atoms with van der Waals surface area (Å²) in [5, 5.41) is 2.63. The molecule has 1 atom stereocenters. The minimum atomic E-state index is 0.528. The van der Waals surface area contributed by atoms with Gasteiger partial charge in [0.05, 0.1) is 0 Å². The smallest absolute Gasteiger partial charge is 0.148 e. The van der Waals surface area contributed by atoms with E-state index in [1.54, 1.807) is 0 Å². The Hall–Kier alpha value is -0.800. The summed E-state index contributed by atoms with van der Waals surface area (Å²) in [6.07, 6.45) is 6.06. The molecule has 0 amide bonds. The van der Waals surface area contributed by atoms with E-state index in [4.69, 9.17) is 16.6 Å². The molecule has 0 aromatic heterocycles. The van der Waals surface area contributed by atoms with E-state index in [1.807, 2.05) is 11.1 Å². The number of hydrogen-bond donors (Lipinski definition) is 1. The molecule has 2 heterocycles. The molecule has 0 radical (unpaired) electrons. The predicted octanol–water partition coefficient (Wildman–Crippen LogP) is 3.01. The molecule has 92 valence electrons. The van der Waals surface area contributed by atoms with Gasteiger partial charge in [-0.2, -0.15) is 0 Å². The van der Waals surface area contributed by atoms with Crippen molar-refractivity contribution in [2.75, 3.05) is 6.54 Å². The van der Waals surface area contributed by atoms with E-state index in [2.05, 4.69) is 19.3 Å². The fourth-order valence-corrected chi connectivity index (χ4v) is 2.87. The van der Waals surface area contributed by atoms with Gasteiger partial charge in [-0.3, -0.25) is 0 Å². The predicted molar refractivity (Wildman–Crippen MR) is 70.4 cm³/mol. The van der Waals surface area contributed by atoms with E-state index in [9.17, 15) is 0 Å². The standard InChI is InChI=1S/C13H18ClN3/c1-8-7-15-17-12(14)6-11(16-13(8)17)9(2)10-4-3-5-10/h6,9-10,15H,3-5,7H2,1-2H3. The highest BCUT2D eigenvalue weighted by molar-refractivity contribution is 6.31. The molecule has 4 heteroatoms. The summed E-state index contributed by atoms with van der Waals surface area (Å²) in [4.78, 5) is 4.78. The zero-order valence-electron chi connectivity index (χ0n) is 10.3. The monoisotopic (exact) mass is 251 g/mol. The van der Waals surface area contributed by atoms with E-state index < -0.39 is 0 Å². The molecule has 1 saturated carbocycles. The van der Waals surface area contributed by atoms with Crippen molar-refractivity contribution in [3.05, 3.63) is 22.6 Å². The topological polar surface area (TPSA) is 27.6 Å². The van der Waals surface area contributed by atoms with Gasteiger partial charge in [0, 0.05) is 18.2 Å². The molecule has 3 rings (SSSR count). The number of fused-ring (bicyclic) bond motifs is 1. The van der Waals surface area contributed by atoms with Crippen molar-refractivity contribution in [3.63, 3.8) is 0 Å². The van der Waals surface area contributed by atoms with Crippen LogP contribution >= 0.6 is 11.6 Å². The van der Waals surface area contributed by atoms with E-state index in [0.29, 0.717) is 5.92 Å². The van der Waals surface area contributed by atoms with Crippen LogP contribution in [0.25, 0.3) is 0 Å². The van der Waals surface area contributed by atoms with Crippen molar-refractivity contribution in [3.8, 4) is 0 Å². The fourth-order valence-electron chi connectivity index (χ4n) is 2.62. The Kier molecular flexibility index (Phi) is 2.75. The lowest BCUT2D eigenvalue weighted by Crippen LogP contribution is -2.34. The van der Waals surface area contributed by atoms with Crippen molar-refractivity contribution in [2.45, 2.75) is 33.1 Å². The molecular weight excluding hydrogens is 234 g/mol. The molecule has 0 bridgehead atoms. The van der Waals surface area contributed by atoms with Gasteiger partial charge in [0.15, 0.2) is 0 Å². The van der Waals surface area contributed by atoms with Gasteiger partial charge in [0.1, 0.15) is 11.0 Å². The lowest BCUT2D eigenvalue weighted by atomic mass is 9.74. The van der Waals surface area contributed by atoms with Crippen LogP contribution in [0.1, 0.15) is 33.1 Å². The highest BCUT2D eigenvalue weighted by Gasteiger charge is 2.31. The number of hydrogen-bond acceptors (Lipinski definition) is 3. The van der Waals surface area contributed by atoms with E-state index >= 15 is 0 Å². The molecule has 3 nitrogen and oxygen atoms in total. The second-order valence-corrected chi connectivity index (χ2v) is 5.64. The minimum absolute atomic E-state index is 0.528. The highest BCUT2D eigenvalue weighted by atomic mass is 35.5. The van der Waals surface area contributed by atoms with Crippen LogP contribution in [0.4, 0.5) is 0 Å². The third-order valence-corrected chi connectivity index (χ3v) is 4.41. The fraction of sp³-hybridized carbons (Fsp3) is 0.615. The quantitative estimate of drug-likeness (QED) is 0.764. The Morgan fingerprint density at radius 2 is 2.29 bits per heavy atom. The third kappa shape index (κ3) is 1.81. The zero-order chi connectivity index (χ0) is 12.0. The largest absolute Gasteiger partial charge is 0.248 e. The maximum atomic E-state index is 6.30. The second-order valence-electron chi connectivity index (χ2n) is 5.26. The van der Waals surface area contributed by atoms with Crippen LogP contribution in [0, 0.1) is 11.8 Å². The van der Waals surface area contributed by atoms with E-state index in [1.165, 1.54) is 24.8 Å². The summed E-state index contributed by atoms with van der Waals surface area (Å²) in [5.41, 5.74) is 5.63. The lowest BCUT2D eigenvalue weighted by molar-refractivity contribution is 0.266. The van der Waals surface area contributed by atoms with Crippen molar-refractivity contribution in [1.29, 1.82) is 0 Å². The Morgan fingerprint density at radius 1 is 1.53 bits per heavy atom. The molecule has 17 heavy (non-hydrogen) atoms. The summed E-state index contributed by atoms with van der Waals surface area (Å²) < 4.78 is 0. The molecule has 1 N–H and O–H groups in total. The first kappa shape index (κ1) is 11.3. The first-order chi connectivity index (χ1) is 8.16. The first-order valence-corrected chi connectivity index (χ1v) is 6.74. The van der Waals surface area contributed by atoms with Crippen LogP contribution < -0.4 is 5.43 Å². The number of nitrogens with zero attached hydrogens (tertiary/aromatic N) is 2. The van der Waals surface area contributed by atoms with Crippen molar-refractivity contribution in [1.82, 2.24) is 10.4 Å². The number of allylic oxidation sites excluding steroid dienone is 1. The van der Waals surface area contributed by atoms with Gasteiger partial charge in [0.2, 0.25) is 0 Å². The molecule has 0 aromatic carbocycles. The molecule has 1 aliphatic carbocycles.